The third kappa shape index (κ3) is 2.68. The molecule has 3 heteroatoms. The predicted octanol–water partition coefficient (Wildman–Crippen LogP) is 4.14. The van der Waals surface area contributed by atoms with Crippen molar-refractivity contribution in [3.05, 3.63) is 70.9 Å². The van der Waals surface area contributed by atoms with Gasteiger partial charge in [-0.3, -0.25) is 0 Å². The molecule has 0 atom stereocenters. The topological polar surface area (TPSA) is 42.1 Å². The van der Waals surface area contributed by atoms with Crippen molar-refractivity contribution in [1.82, 2.24) is 4.98 Å². The van der Waals surface area contributed by atoms with Crippen molar-refractivity contribution in [2.45, 2.75) is 20.5 Å². The molecule has 2 aromatic carbocycles. The molecule has 0 spiro atoms. The zero-order valence-corrected chi connectivity index (χ0v) is 12.1. The third-order valence-electron chi connectivity index (χ3n) is 3.76. The number of hydrogen-bond acceptors (Lipinski definition) is 2. The molecule has 21 heavy (non-hydrogen) atoms. The molecular formula is C18H17NO2. The lowest BCUT2D eigenvalue weighted by Gasteiger charge is -2.05. The van der Waals surface area contributed by atoms with Crippen LogP contribution in [0.3, 0.4) is 0 Å². The van der Waals surface area contributed by atoms with Crippen LogP contribution in [0.5, 0.6) is 0 Å². The fourth-order valence-electron chi connectivity index (χ4n) is 2.39. The Hall–Kier alpha value is -2.55. The fraction of sp³-hybridized carbons (Fsp3) is 0.167. The third-order valence-corrected chi connectivity index (χ3v) is 3.76. The summed E-state index contributed by atoms with van der Waals surface area (Å²) in [5.74, 6) is -0.293. The van der Waals surface area contributed by atoms with Crippen LogP contribution in [0.15, 0.2) is 48.5 Å². The zero-order valence-electron chi connectivity index (χ0n) is 12.1. The zero-order chi connectivity index (χ0) is 14.8. The number of hydrogen-bond donors (Lipinski definition) is 1. The molecule has 1 heterocycles. The number of carbonyl (C=O) groups is 1. The van der Waals surface area contributed by atoms with Crippen molar-refractivity contribution < 1.29 is 9.53 Å². The monoisotopic (exact) mass is 279 g/mol. The second kappa shape index (κ2) is 5.44. The minimum atomic E-state index is -0.293. The van der Waals surface area contributed by atoms with E-state index in [0.29, 0.717) is 12.2 Å². The molecule has 106 valence electrons. The molecule has 0 saturated carbocycles. The molecule has 1 aromatic heterocycles. The molecule has 0 aliphatic rings. The van der Waals surface area contributed by atoms with E-state index in [1.165, 1.54) is 5.56 Å². The van der Waals surface area contributed by atoms with Crippen LogP contribution in [-0.2, 0) is 11.3 Å². The molecule has 0 saturated heterocycles. The van der Waals surface area contributed by atoms with Crippen molar-refractivity contribution in [1.29, 1.82) is 0 Å². The average molecular weight is 279 g/mol. The molecule has 0 amide bonds. The summed E-state index contributed by atoms with van der Waals surface area (Å²) in [5, 5.41) is 1.07. The molecule has 0 fully saturated rings. The van der Waals surface area contributed by atoms with Crippen molar-refractivity contribution in [2.24, 2.45) is 0 Å². The number of ether oxygens (including phenoxy) is 1. The van der Waals surface area contributed by atoms with Gasteiger partial charge >= 0.3 is 5.97 Å². The first-order valence-corrected chi connectivity index (χ1v) is 6.95. The van der Waals surface area contributed by atoms with E-state index in [9.17, 15) is 4.79 Å². The van der Waals surface area contributed by atoms with E-state index >= 15 is 0 Å². The molecule has 3 rings (SSSR count). The van der Waals surface area contributed by atoms with Crippen LogP contribution in [0.2, 0.25) is 0 Å². The van der Waals surface area contributed by atoms with Gasteiger partial charge in [0.25, 0.3) is 0 Å². The van der Waals surface area contributed by atoms with Crippen LogP contribution >= 0.6 is 0 Å². The highest BCUT2D eigenvalue weighted by molar-refractivity contribution is 5.96. The van der Waals surface area contributed by atoms with Gasteiger partial charge in [-0.2, -0.15) is 0 Å². The van der Waals surface area contributed by atoms with E-state index in [1.54, 1.807) is 6.07 Å². The Morgan fingerprint density at radius 1 is 1.10 bits per heavy atom. The van der Waals surface area contributed by atoms with E-state index in [4.69, 9.17) is 4.74 Å². The van der Waals surface area contributed by atoms with Crippen LogP contribution in [0, 0.1) is 13.8 Å². The maximum atomic E-state index is 12.1. The second-order valence-electron chi connectivity index (χ2n) is 5.20. The summed E-state index contributed by atoms with van der Waals surface area (Å²) in [4.78, 5) is 15.4. The number of H-pyrrole nitrogens is 1. The van der Waals surface area contributed by atoms with Gasteiger partial charge in [0.05, 0.1) is 5.56 Å². The van der Waals surface area contributed by atoms with Crippen molar-refractivity contribution in [3.8, 4) is 0 Å². The van der Waals surface area contributed by atoms with Gasteiger partial charge in [0.2, 0.25) is 0 Å². The molecule has 0 unspecified atom stereocenters. The highest BCUT2D eigenvalue weighted by Gasteiger charge is 2.11. The van der Waals surface area contributed by atoms with Crippen LogP contribution in [-0.4, -0.2) is 11.0 Å². The van der Waals surface area contributed by atoms with Gasteiger partial charge < -0.3 is 9.72 Å². The summed E-state index contributed by atoms with van der Waals surface area (Å²) in [6.07, 6.45) is 0. The highest BCUT2D eigenvalue weighted by Crippen LogP contribution is 2.22. The maximum absolute atomic E-state index is 12.1. The van der Waals surface area contributed by atoms with Gasteiger partial charge in [-0.1, -0.05) is 30.3 Å². The van der Waals surface area contributed by atoms with Crippen LogP contribution in [0.1, 0.15) is 27.2 Å². The number of aryl methyl sites for hydroxylation is 2. The average Bonchev–Trinajstić information content (AvgIpc) is 2.80. The number of fused-ring (bicyclic) bond motifs is 1. The Morgan fingerprint density at radius 2 is 1.86 bits per heavy atom. The lowest BCUT2D eigenvalue weighted by atomic mass is 10.1. The summed E-state index contributed by atoms with van der Waals surface area (Å²) < 4.78 is 5.36. The Balaban J connectivity index is 1.80. The van der Waals surface area contributed by atoms with Crippen molar-refractivity contribution >= 4 is 16.9 Å². The fourth-order valence-corrected chi connectivity index (χ4v) is 2.39. The van der Waals surface area contributed by atoms with Gasteiger partial charge in [0.15, 0.2) is 0 Å². The van der Waals surface area contributed by atoms with Gasteiger partial charge in [-0.25, -0.2) is 4.79 Å². The number of aromatic amines is 1. The first-order valence-electron chi connectivity index (χ1n) is 6.95. The lowest BCUT2D eigenvalue weighted by Crippen LogP contribution is -2.05. The Morgan fingerprint density at radius 3 is 2.62 bits per heavy atom. The van der Waals surface area contributed by atoms with Crippen LogP contribution in [0.25, 0.3) is 10.9 Å². The highest BCUT2D eigenvalue weighted by atomic mass is 16.5. The van der Waals surface area contributed by atoms with E-state index in [1.807, 2.05) is 56.3 Å². The molecule has 0 aliphatic heterocycles. The van der Waals surface area contributed by atoms with E-state index in [2.05, 4.69) is 4.98 Å². The smallest absolute Gasteiger partial charge is 0.338 e. The minimum Gasteiger partial charge on any atom is -0.457 e. The number of esters is 1. The summed E-state index contributed by atoms with van der Waals surface area (Å²) in [5.41, 5.74) is 4.91. The number of benzene rings is 2. The van der Waals surface area contributed by atoms with Gasteiger partial charge in [-0.15, -0.1) is 0 Å². The van der Waals surface area contributed by atoms with Crippen LogP contribution in [0.4, 0.5) is 0 Å². The maximum Gasteiger partial charge on any atom is 0.338 e. The Labute approximate surface area is 123 Å². The summed E-state index contributed by atoms with van der Waals surface area (Å²) in [6, 6.07) is 15.3. The summed E-state index contributed by atoms with van der Waals surface area (Å²) in [6.45, 7) is 4.37. The summed E-state index contributed by atoms with van der Waals surface area (Å²) >= 11 is 0. The first-order chi connectivity index (χ1) is 10.1. The molecule has 3 nitrogen and oxygen atoms in total. The predicted molar refractivity (Wildman–Crippen MR) is 83.3 cm³/mol. The minimum absolute atomic E-state index is 0.293. The van der Waals surface area contributed by atoms with Gasteiger partial charge in [0, 0.05) is 16.6 Å². The molecule has 0 bridgehead atoms. The largest absolute Gasteiger partial charge is 0.457 e. The quantitative estimate of drug-likeness (QED) is 0.732. The number of carbonyl (C=O) groups excluding carboxylic acids is 1. The van der Waals surface area contributed by atoms with Crippen LogP contribution < -0.4 is 0 Å². The molecule has 0 aliphatic carbocycles. The van der Waals surface area contributed by atoms with Gasteiger partial charge in [-0.05, 0) is 43.2 Å². The Kier molecular flexibility index (Phi) is 3.48. The Bertz CT molecular complexity index is 788. The first kappa shape index (κ1) is 13.4. The number of rotatable bonds is 3. The van der Waals surface area contributed by atoms with E-state index in [-0.39, 0.29) is 5.97 Å². The van der Waals surface area contributed by atoms with E-state index in [0.717, 1.165) is 22.2 Å². The van der Waals surface area contributed by atoms with E-state index < -0.39 is 0 Å². The SMILES string of the molecule is Cc1[nH]c2ccc(C(=O)OCc3ccccc3)cc2c1C. The standard InChI is InChI=1S/C18H17NO2/c1-12-13(2)19-17-9-8-15(10-16(12)17)18(20)21-11-14-6-4-3-5-7-14/h3-10,19H,11H2,1-2H3. The summed E-state index contributed by atoms with van der Waals surface area (Å²) in [7, 11) is 0. The normalized spacial score (nSPS) is 10.8. The molecule has 1 N–H and O–H groups in total. The lowest BCUT2D eigenvalue weighted by molar-refractivity contribution is 0.0473. The molecule has 0 radical (unpaired) electrons. The number of aromatic nitrogens is 1. The van der Waals surface area contributed by atoms with Crippen molar-refractivity contribution in [3.63, 3.8) is 0 Å². The molecular weight excluding hydrogens is 262 g/mol. The number of nitrogens with one attached hydrogen (secondary N) is 1. The second-order valence-corrected chi connectivity index (χ2v) is 5.20. The molecule has 3 aromatic rings. The van der Waals surface area contributed by atoms with Gasteiger partial charge in [0.1, 0.15) is 6.61 Å². The van der Waals surface area contributed by atoms with Crippen molar-refractivity contribution in [2.75, 3.05) is 0 Å².